The summed E-state index contributed by atoms with van der Waals surface area (Å²) in [4.78, 5) is 38.6. The Bertz CT molecular complexity index is 927. The second-order valence-corrected chi connectivity index (χ2v) is 8.45. The van der Waals surface area contributed by atoms with Gasteiger partial charge in [-0.3, -0.25) is 14.2 Å². The maximum atomic E-state index is 12.7. The van der Waals surface area contributed by atoms with E-state index in [9.17, 15) is 9.59 Å². The van der Waals surface area contributed by atoms with Gasteiger partial charge in [0.05, 0.1) is 0 Å². The molecule has 8 nitrogen and oxygen atoms in total. The predicted octanol–water partition coefficient (Wildman–Crippen LogP) is 1.54. The largest absolute Gasteiger partial charge is 0.355 e. The molecule has 2 aromatic rings. The van der Waals surface area contributed by atoms with Gasteiger partial charge in [0.1, 0.15) is 5.52 Å². The zero-order valence-corrected chi connectivity index (χ0v) is 17.8. The molecule has 2 aromatic heterocycles. The van der Waals surface area contributed by atoms with E-state index in [1.165, 1.54) is 25.7 Å². The second kappa shape index (κ2) is 9.55. The summed E-state index contributed by atoms with van der Waals surface area (Å²) in [6.07, 6.45) is 8.34. The molecule has 2 fully saturated rings. The van der Waals surface area contributed by atoms with Crippen molar-refractivity contribution in [3.63, 3.8) is 0 Å². The van der Waals surface area contributed by atoms with Crippen LogP contribution in [0.3, 0.4) is 0 Å². The second-order valence-electron chi connectivity index (χ2n) is 8.45. The zero-order valence-electron chi connectivity index (χ0n) is 17.8. The molecule has 2 aliphatic rings. The molecule has 8 heteroatoms. The molecule has 0 bridgehead atoms. The molecule has 0 radical (unpaired) electrons. The molecular formula is C22H32N6O2. The van der Waals surface area contributed by atoms with E-state index in [0.29, 0.717) is 30.1 Å². The summed E-state index contributed by atoms with van der Waals surface area (Å²) in [5.74, 6) is 0.613. The van der Waals surface area contributed by atoms with Crippen LogP contribution in [0.2, 0.25) is 0 Å². The van der Waals surface area contributed by atoms with Crippen LogP contribution in [0.1, 0.15) is 38.5 Å². The molecule has 0 saturated carbocycles. The van der Waals surface area contributed by atoms with Gasteiger partial charge < -0.3 is 15.1 Å². The Balaban J connectivity index is 1.30. The van der Waals surface area contributed by atoms with Gasteiger partial charge in [0.2, 0.25) is 5.91 Å². The Morgan fingerprint density at radius 3 is 2.60 bits per heavy atom. The number of carbonyl (C=O) groups excluding carboxylic acids is 1. The van der Waals surface area contributed by atoms with Crippen molar-refractivity contribution in [2.45, 2.75) is 38.5 Å². The highest BCUT2D eigenvalue weighted by Crippen LogP contribution is 2.21. The van der Waals surface area contributed by atoms with Crippen molar-refractivity contribution in [3.8, 4) is 0 Å². The molecule has 4 heterocycles. The van der Waals surface area contributed by atoms with E-state index in [2.05, 4.69) is 20.2 Å². The van der Waals surface area contributed by atoms with E-state index in [-0.39, 0.29) is 17.4 Å². The number of amides is 1. The first-order valence-electron chi connectivity index (χ1n) is 11.2. The summed E-state index contributed by atoms with van der Waals surface area (Å²) >= 11 is 0. The van der Waals surface area contributed by atoms with Crippen LogP contribution in [0, 0.1) is 5.92 Å². The minimum absolute atomic E-state index is 0.0105. The van der Waals surface area contributed by atoms with Gasteiger partial charge in [-0.1, -0.05) is 12.8 Å². The summed E-state index contributed by atoms with van der Waals surface area (Å²) < 4.78 is 1.55. The number of aromatic nitrogens is 3. The molecule has 2 saturated heterocycles. The molecular weight excluding hydrogens is 380 g/mol. The van der Waals surface area contributed by atoms with E-state index in [1.54, 1.807) is 17.8 Å². The van der Waals surface area contributed by atoms with E-state index >= 15 is 0 Å². The molecule has 2 aliphatic heterocycles. The molecule has 0 atom stereocenters. The van der Waals surface area contributed by atoms with E-state index < -0.39 is 0 Å². The monoisotopic (exact) mass is 412 g/mol. The maximum absolute atomic E-state index is 12.7. The number of fused-ring (bicyclic) bond motifs is 1. The zero-order chi connectivity index (χ0) is 20.9. The van der Waals surface area contributed by atoms with Gasteiger partial charge >= 0.3 is 0 Å². The highest BCUT2D eigenvalue weighted by Gasteiger charge is 2.27. The molecule has 4 rings (SSSR count). The molecule has 0 aromatic carbocycles. The van der Waals surface area contributed by atoms with Gasteiger partial charge in [-0.25, -0.2) is 9.97 Å². The third kappa shape index (κ3) is 4.64. The fourth-order valence-electron chi connectivity index (χ4n) is 4.54. The minimum Gasteiger partial charge on any atom is -0.355 e. The van der Waals surface area contributed by atoms with Crippen molar-refractivity contribution in [2.24, 2.45) is 13.0 Å². The van der Waals surface area contributed by atoms with E-state index in [0.717, 1.165) is 39.0 Å². The molecule has 162 valence electrons. The number of pyridine rings is 1. The maximum Gasteiger partial charge on any atom is 0.294 e. The normalized spacial score (nSPS) is 19.0. The molecule has 1 amide bonds. The highest BCUT2D eigenvalue weighted by molar-refractivity contribution is 5.79. The number of rotatable bonds is 5. The van der Waals surface area contributed by atoms with Crippen LogP contribution < -0.4 is 15.8 Å². The molecule has 1 N–H and O–H groups in total. The minimum atomic E-state index is -0.137. The first kappa shape index (κ1) is 20.8. The van der Waals surface area contributed by atoms with E-state index in [1.807, 2.05) is 17.0 Å². The lowest BCUT2D eigenvalue weighted by Crippen LogP contribution is -2.44. The van der Waals surface area contributed by atoms with Crippen LogP contribution in [0.4, 0.5) is 5.82 Å². The van der Waals surface area contributed by atoms with Gasteiger partial charge in [-0.2, -0.15) is 0 Å². The summed E-state index contributed by atoms with van der Waals surface area (Å²) in [5, 5.41) is 3.13. The Morgan fingerprint density at radius 2 is 1.87 bits per heavy atom. The quantitative estimate of drug-likeness (QED) is 0.802. The number of hydrogen-bond acceptors (Lipinski definition) is 6. The smallest absolute Gasteiger partial charge is 0.294 e. The van der Waals surface area contributed by atoms with Crippen LogP contribution in [0.15, 0.2) is 23.1 Å². The average molecular weight is 413 g/mol. The van der Waals surface area contributed by atoms with Crippen LogP contribution >= 0.6 is 0 Å². The van der Waals surface area contributed by atoms with Crippen LogP contribution in [-0.4, -0.2) is 64.6 Å². The number of hydrogen-bond donors (Lipinski definition) is 1. The lowest BCUT2D eigenvalue weighted by molar-refractivity contribution is -0.125. The average Bonchev–Trinajstić information content (AvgIpc) is 3.05. The van der Waals surface area contributed by atoms with Gasteiger partial charge in [-0.15, -0.1) is 0 Å². The lowest BCUT2D eigenvalue weighted by Gasteiger charge is -2.32. The van der Waals surface area contributed by atoms with Crippen molar-refractivity contribution in [2.75, 3.05) is 44.2 Å². The fraction of sp³-hybridized carbons (Fsp3) is 0.636. The highest BCUT2D eigenvalue weighted by atomic mass is 16.2. The Labute approximate surface area is 177 Å². The Morgan fingerprint density at radius 1 is 1.13 bits per heavy atom. The predicted molar refractivity (Wildman–Crippen MR) is 118 cm³/mol. The summed E-state index contributed by atoms with van der Waals surface area (Å²) in [5.41, 5.74) is 1.16. The van der Waals surface area contributed by atoms with Gasteiger partial charge in [0, 0.05) is 45.3 Å². The molecule has 30 heavy (non-hydrogen) atoms. The van der Waals surface area contributed by atoms with Crippen LogP contribution in [0.25, 0.3) is 11.2 Å². The summed E-state index contributed by atoms with van der Waals surface area (Å²) in [6, 6.07) is 3.70. The number of likely N-dealkylation sites (tertiary alicyclic amines) is 1. The number of anilines is 1. The number of nitrogens with one attached hydrogen (secondary N) is 1. The lowest BCUT2D eigenvalue weighted by atomic mass is 9.96. The Hall–Kier alpha value is -2.48. The van der Waals surface area contributed by atoms with Crippen molar-refractivity contribution in [1.82, 2.24) is 24.8 Å². The van der Waals surface area contributed by atoms with Gasteiger partial charge in [0.15, 0.2) is 11.5 Å². The van der Waals surface area contributed by atoms with Crippen molar-refractivity contribution in [1.29, 1.82) is 0 Å². The number of aryl methyl sites for hydroxylation is 1. The number of nitrogens with zero attached hydrogens (tertiary/aromatic N) is 5. The molecule has 0 unspecified atom stereocenters. The third-order valence-electron chi connectivity index (χ3n) is 6.40. The topological polar surface area (TPSA) is 83.4 Å². The van der Waals surface area contributed by atoms with Crippen molar-refractivity contribution < 1.29 is 4.79 Å². The van der Waals surface area contributed by atoms with Crippen LogP contribution in [-0.2, 0) is 11.8 Å². The Kier molecular flexibility index (Phi) is 6.62. The van der Waals surface area contributed by atoms with Crippen molar-refractivity contribution in [3.05, 3.63) is 28.7 Å². The molecule has 0 aliphatic carbocycles. The number of piperidine rings is 1. The number of carbonyl (C=O) groups is 1. The van der Waals surface area contributed by atoms with E-state index in [4.69, 9.17) is 0 Å². The first-order chi connectivity index (χ1) is 14.6. The fourth-order valence-corrected chi connectivity index (χ4v) is 4.54. The SMILES string of the molecule is Cn1c(=O)c(N2CCC(C(=O)NCCN3CCCCCC3)CC2)nc2cccnc21. The van der Waals surface area contributed by atoms with Crippen molar-refractivity contribution >= 4 is 22.9 Å². The standard InChI is InChI=1S/C22H32N6O2/c1-26-19-18(7-6-10-23-19)25-20(22(26)30)28-14-8-17(9-15-28)21(29)24-11-16-27-12-4-2-3-5-13-27/h6-7,10,17H,2-5,8-9,11-16H2,1H3,(H,24,29). The summed E-state index contributed by atoms with van der Waals surface area (Å²) in [7, 11) is 1.73. The third-order valence-corrected chi connectivity index (χ3v) is 6.40. The molecule has 0 spiro atoms. The summed E-state index contributed by atoms with van der Waals surface area (Å²) in [6.45, 7) is 5.29. The van der Waals surface area contributed by atoms with Gasteiger partial charge in [-0.05, 0) is 50.9 Å². The van der Waals surface area contributed by atoms with Crippen LogP contribution in [0.5, 0.6) is 0 Å². The van der Waals surface area contributed by atoms with Gasteiger partial charge in [0.25, 0.3) is 5.56 Å². The first-order valence-corrected chi connectivity index (χ1v) is 11.2.